The molecule has 7 nitrogen and oxygen atoms in total. The van der Waals surface area contributed by atoms with Crippen LogP contribution >= 0.6 is 0 Å². The van der Waals surface area contributed by atoms with E-state index in [9.17, 15) is 14.7 Å². The molecule has 0 spiro atoms. The summed E-state index contributed by atoms with van der Waals surface area (Å²) < 4.78 is 1.76. The van der Waals surface area contributed by atoms with Gasteiger partial charge in [0.2, 0.25) is 5.60 Å². The first-order valence-electron chi connectivity index (χ1n) is 9.33. The Morgan fingerprint density at radius 3 is 2.89 bits per heavy atom. The fourth-order valence-corrected chi connectivity index (χ4v) is 3.98. The molecular formula is C21H22N4O3. The van der Waals surface area contributed by atoms with Crippen LogP contribution in [0.2, 0.25) is 0 Å². The Kier molecular flexibility index (Phi) is 4.24. The van der Waals surface area contributed by atoms with Crippen molar-refractivity contribution in [2.24, 2.45) is 5.73 Å². The van der Waals surface area contributed by atoms with Crippen molar-refractivity contribution >= 4 is 11.8 Å². The summed E-state index contributed by atoms with van der Waals surface area (Å²) in [6.45, 7) is 2.56. The monoisotopic (exact) mass is 378 g/mol. The molecule has 1 fully saturated rings. The number of hydrogen-bond donors (Lipinski definition) is 2. The molecule has 1 unspecified atom stereocenters. The summed E-state index contributed by atoms with van der Waals surface area (Å²) in [5.41, 5.74) is 7.57. The number of likely N-dealkylation sites (tertiary alicyclic amines) is 1. The van der Waals surface area contributed by atoms with Crippen LogP contribution in [0.25, 0.3) is 5.69 Å². The van der Waals surface area contributed by atoms with Gasteiger partial charge in [0, 0.05) is 36.8 Å². The topological polar surface area (TPSA) is 101 Å². The highest BCUT2D eigenvalue weighted by atomic mass is 16.3. The second-order valence-electron chi connectivity index (χ2n) is 7.56. The Labute approximate surface area is 163 Å². The summed E-state index contributed by atoms with van der Waals surface area (Å²) in [6.07, 6.45) is 2.07. The Morgan fingerprint density at radius 1 is 1.43 bits per heavy atom. The van der Waals surface area contributed by atoms with Gasteiger partial charge < -0.3 is 15.7 Å². The van der Waals surface area contributed by atoms with Crippen LogP contribution in [0.4, 0.5) is 0 Å². The van der Waals surface area contributed by atoms with Crippen LogP contribution in [0.3, 0.4) is 0 Å². The second kappa shape index (κ2) is 6.50. The maximum Gasteiger partial charge on any atom is 0.269 e. The van der Waals surface area contributed by atoms with Gasteiger partial charge in [0.05, 0.1) is 5.69 Å². The molecule has 28 heavy (non-hydrogen) atoms. The van der Waals surface area contributed by atoms with Crippen LogP contribution < -0.4 is 5.73 Å². The van der Waals surface area contributed by atoms with Gasteiger partial charge in [-0.1, -0.05) is 24.8 Å². The first-order valence-corrected chi connectivity index (χ1v) is 9.33. The highest BCUT2D eigenvalue weighted by molar-refractivity contribution is 5.93. The smallest absolute Gasteiger partial charge is 0.269 e. The van der Waals surface area contributed by atoms with Crippen molar-refractivity contribution in [1.29, 1.82) is 0 Å². The molecule has 2 heterocycles. The highest BCUT2D eigenvalue weighted by Gasteiger charge is 2.42. The van der Waals surface area contributed by atoms with Gasteiger partial charge in [-0.05, 0) is 37.0 Å². The lowest BCUT2D eigenvalue weighted by atomic mass is 10.0. The Hall–Kier alpha value is -3.11. The molecule has 1 aromatic carbocycles. The van der Waals surface area contributed by atoms with E-state index in [2.05, 4.69) is 23.9 Å². The average molecular weight is 378 g/mol. The van der Waals surface area contributed by atoms with Crippen LogP contribution in [-0.4, -0.2) is 50.8 Å². The molecule has 0 saturated carbocycles. The molecule has 2 atom stereocenters. The Morgan fingerprint density at radius 2 is 2.21 bits per heavy atom. The molecule has 0 bridgehead atoms. The number of aromatic nitrogens is 2. The van der Waals surface area contributed by atoms with Crippen molar-refractivity contribution in [3.05, 3.63) is 46.8 Å². The third-order valence-electron chi connectivity index (χ3n) is 5.58. The van der Waals surface area contributed by atoms with Gasteiger partial charge in [-0.25, -0.2) is 4.68 Å². The van der Waals surface area contributed by atoms with E-state index in [1.807, 2.05) is 24.3 Å². The number of hydrogen-bond acceptors (Lipinski definition) is 4. The fraction of sp³-hybridized carbons (Fsp3) is 0.381. The quantitative estimate of drug-likeness (QED) is 0.760. The zero-order valence-corrected chi connectivity index (χ0v) is 15.9. The second-order valence-corrected chi connectivity index (χ2v) is 7.56. The summed E-state index contributed by atoms with van der Waals surface area (Å²) in [4.78, 5) is 25.4. The molecule has 2 aliphatic rings. The molecule has 1 saturated heterocycles. The Balaban J connectivity index is 1.71. The van der Waals surface area contributed by atoms with Crippen LogP contribution in [0, 0.1) is 11.8 Å². The number of likely N-dealkylation sites (N-methyl/N-ethyl adjacent to an activating group) is 1. The molecule has 144 valence electrons. The van der Waals surface area contributed by atoms with Crippen molar-refractivity contribution in [3.63, 3.8) is 0 Å². The van der Waals surface area contributed by atoms with Gasteiger partial charge in [-0.15, -0.1) is 0 Å². The molecule has 7 heteroatoms. The summed E-state index contributed by atoms with van der Waals surface area (Å²) >= 11 is 0. The van der Waals surface area contributed by atoms with Crippen molar-refractivity contribution < 1.29 is 14.7 Å². The first-order chi connectivity index (χ1) is 13.3. The number of primary amides is 1. The van der Waals surface area contributed by atoms with E-state index in [-0.39, 0.29) is 11.8 Å². The van der Waals surface area contributed by atoms with E-state index in [1.165, 1.54) is 4.90 Å². The number of carbonyl (C=O) groups excluding carboxylic acids is 2. The number of carbonyl (C=O) groups is 2. The summed E-state index contributed by atoms with van der Waals surface area (Å²) in [6, 6.07) is 7.36. The highest BCUT2D eigenvalue weighted by Crippen LogP contribution is 2.36. The summed E-state index contributed by atoms with van der Waals surface area (Å²) in [5, 5.41) is 14.9. The first kappa shape index (κ1) is 18.3. The molecular weight excluding hydrogens is 356 g/mol. The fourth-order valence-electron chi connectivity index (χ4n) is 3.98. The lowest BCUT2D eigenvalue weighted by molar-refractivity contribution is -0.137. The largest absolute Gasteiger partial charge is 0.369 e. The van der Waals surface area contributed by atoms with Crippen molar-refractivity contribution in [3.8, 4) is 17.5 Å². The molecule has 2 aromatic rings. The van der Waals surface area contributed by atoms with Crippen LogP contribution in [0.1, 0.15) is 53.0 Å². The van der Waals surface area contributed by atoms with Crippen molar-refractivity contribution in [2.75, 3.05) is 13.6 Å². The minimum Gasteiger partial charge on any atom is -0.369 e. The van der Waals surface area contributed by atoms with E-state index in [0.717, 1.165) is 29.8 Å². The molecule has 2 amide bonds. The van der Waals surface area contributed by atoms with Gasteiger partial charge in [0.1, 0.15) is 0 Å². The number of nitrogens with zero attached hydrogens (tertiary/aromatic N) is 3. The number of amides is 2. The average Bonchev–Trinajstić information content (AvgIpc) is 3.31. The Bertz CT molecular complexity index is 1050. The van der Waals surface area contributed by atoms with E-state index in [1.54, 1.807) is 11.7 Å². The summed E-state index contributed by atoms with van der Waals surface area (Å²) in [5.74, 6) is 4.99. The zero-order valence-electron chi connectivity index (χ0n) is 15.9. The van der Waals surface area contributed by atoms with E-state index < -0.39 is 11.5 Å². The third kappa shape index (κ3) is 2.86. The van der Waals surface area contributed by atoms with E-state index in [0.29, 0.717) is 24.2 Å². The van der Waals surface area contributed by atoms with Crippen LogP contribution in [-0.2, 0) is 11.2 Å². The van der Waals surface area contributed by atoms with Gasteiger partial charge in [0.25, 0.3) is 11.8 Å². The SMILES string of the molecule is CC1CCc2c1c(C(N)=O)nn2-c1cccc(C#C[C@]2(O)CCN(C)C2=O)c1. The molecule has 3 N–H and O–H groups in total. The predicted octanol–water partition coefficient (Wildman–Crippen LogP) is 0.966. The van der Waals surface area contributed by atoms with Crippen molar-refractivity contribution in [1.82, 2.24) is 14.7 Å². The van der Waals surface area contributed by atoms with Gasteiger partial charge in [-0.3, -0.25) is 9.59 Å². The maximum absolute atomic E-state index is 12.1. The minimum absolute atomic E-state index is 0.244. The lowest BCUT2D eigenvalue weighted by Gasteiger charge is -2.13. The van der Waals surface area contributed by atoms with Gasteiger partial charge >= 0.3 is 0 Å². The standard InChI is InChI=1S/C21H22N4O3/c1-13-6-7-16-17(13)18(19(22)26)23-25(16)15-5-3-4-14(12-15)8-9-21(28)10-11-24(2)20(21)27/h3-5,12-13,28H,6-7,10-11H2,1-2H3,(H2,22,26)/t13?,21-/m0/s1. The summed E-state index contributed by atoms with van der Waals surface area (Å²) in [7, 11) is 1.65. The molecule has 1 aliphatic carbocycles. The third-order valence-corrected chi connectivity index (χ3v) is 5.58. The van der Waals surface area contributed by atoms with Crippen LogP contribution in [0.15, 0.2) is 24.3 Å². The molecule has 1 aliphatic heterocycles. The molecule has 4 rings (SSSR count). The number of rotatable bonds is 2. The number of fused-ring (bicyclic) bond motifs is 1. The lowest BCUT2D eigenvalue weighted by Crippen LogP contribution is -2.37. The van der Waals surface area contributed by atoms with E-state index >= 15 is 0 Å². The number of benzene rings is 1. The van der Waals surface area contributed by atoms with Crippen molar-refractivity contribution in [2.45, 2.75) is 37.7 Å². The minimum atomic E-state index is -1.63. The number of nitrogens with two attached hydrogens (primary N) is 1. The zero-order chi connectivity index (χ0) is 20.1. The van der Waals surface area contributed by atoms with Crippen LogP contribution in [0.5, 0.6) is 0 Å². The normalized spacial score (nSPS) is 23.5. The molecule has 0 radical (unpaired) electrons. The maximum atomic E-state index is 12.1. The predicted molar refractivity (Wildman–Crippen MR) is 103 cm³/mol. The number of aliphatic hydroxyl groups is 1. The van der Waals surface area contributed by atoms with E-state index in [4.69, 9.17) is 5.73 Å². The van der Waals surface area contributed by atoms with Gasteiger partial charge in [-0.2, -0.15) is 5.10 Å². The van der Waals surface area contributed by atoms with Gasteiger partial charge in [0.15, 0.2) is 5.69 Å². The molecule has 1 aromatic heterocycles.